The smallest absolute Gasteiger partial charge is 0.329 e. The summed E-state index contributed by atoms with van der Waals surface area (Å²) in [6, 6.07) is 6.57. The summed E-state index contributed by atoms with van der Waals surface area (Å²) in [5, 5.41) is 9.46. The summed E-state index contributed by atoms with van der Waals surface area (Å²) in [5.74, 6) is -1.69. The predicted molar refractivity (Wildman–Crippen MR) is 93.9 cm³/mol. The van der Waals surface area contributed by atoms with E-state index in [-0.39, 0.29) is 12.5 Å². The van der Waals surface area contributed by atoms with Crippen LogP contribution >= 0.6 is 0 Å². The molecule has 136 valence electrons. The molecular weight excluding hydrogens is 320 g/mol. The van der Waals surface area contributed by atoms with Gasteiger partial charge in [0.2, 0.25) is 0 Å². The highest BCUT2D eigenvalue weighted by atomic mass is 16.4. The highest BCUT2D eigenvalue weighted by molar-refractivity contribution is 6.08. The van der Waals surface area contributed by atoms with Crippen molar-refractivity contribution in [2.45, 2.75) is 59.2 Å². The zero-order valence-corrected chi connectivity index (χ0v) is 15.4. The lowest BCUT2D eigenvalue weighted by Gasteiger charge is -2.29. The van der Waals surface area contributed by atoms with Gasteiger partial charge in [-0.3, -0.25) is 4.79 Å². The van der Waals surface area contributed by atoms with Gasteiger partial charge >= 0.3 is 12.0 Å². The van der Waals surface area contributed by atoms with Crippen molar-refractivity contribution in [2.75, 3.05) is 0 Å². The van der Waals surface area contributed by atoms with Crippen molar-refractivity contribution in [1.29, 1.82) is 0 Å². The number of hydrogen-bond donors (Lipinski definition) is 1. The van der Waals surface area contributed by atoms with Crippen LogP contribution in [0.3, 0.4) is 0 Å². The summed E-state index contributed by atoms with van der Waals surface area (Å²) in [5.41, 5.74) is 0.441. The number of carbonyl (C=O) groups is 3. The predicted octanol–water partition coefficient (Wildman–Crippen LogP) is 3.04. The second kappa shape index (κ2) is 6.86. The van der Waals surface area contributed by atoms with Crippen molar-refractivity contribution in [3.63, 3.8) is 0 Å². The molecule has 0 bridgehead atoms. The van der Waals surface area contributed by atoms with Crippen molar-refractivity contribution in [1.82, 2.24) is 9.80 Å². The van der Waals surface area contributed by atoms with Gasteiger partial charge < -0.3 is 10.0 Å². The maximum absolute atomic E-state index is 12.9. The lowest BCUT2D eigenvalue weighted by Crippen LogP contribution is -2.53. The third kappa shape index (κ3) is 3.38. The van der Waals surface area contributed by atoms with Gasteiger partial charge in [-0.25, -0.2) is 14.5 Å². The van der Waals surface area contributed by atoms with E-state index in [2.05, 4.69) is 0 Å². The monoisotopic (exact) mass is 346 g/mol. The summed E-state index contributed by atoms with van der Waals surface area (Å²) in [4.78, 5) is 39.9. The van der Waals surface area contributed by atoms with Crippen LogP contribution in [0.4, 0.5) is 4.79 Å². The summed E-state index contributed by atoms with van der Waals surface area (Å²) < 4.78 is 0. The zero-order chi connectivity index (χ0) is 18.9. The molecular formula is C19H26N2O4. The number of urea groups is 1. The topological polar surface area (TPSA) is 77.9 Å². The van der Waals surface area contributed by atoms with Crippen LogP contribution < -0.4 is 0 Å². The average Bonchev–Trinajstić information content (AvgIpc) is 2.79. The van der Waals surface area contributed by atoms with Crippen LogP contribution in [0.1, 0.15) is 45.2 Å². The van der Waals surface area contributed by atoms with Gasteiger partial charge in [-0.15, -0.1) is 0 Å². The normalized spacial score (nSPS) is 19.5. The fourth-order valence-corrected chi connectivity index (χ4v) is 3.05. The summed E-state index contributed by atoms with van der Waals surface area (Å²) in [7, 11) is 0. The number of carbonyl (C=O) groups excluding carboxylic acids is 2. The van der Waals surface area contributed by atoms with Crippen LogP contribution in [0, 0.1) is 12.8 Å². The van der Waals surface area contributed by atoms with Crippen LogP contribution in [-0.4, -0.2) is 44.4 Å². The molecule has 1 fully saturated rings. The summed E-state index contributed by atoms with van der Waals surface area (Å²) in [6.45, 7) is 8.90. The van der Waals surface area contributed by atoms with Crippen molar-refractivity contribution in [3.8, 4) is 0 Å². The maximum Gasteiger partial charge on any atom is 0.329 e. The number of nitrogens with zero attached hydrogens (tertiary/aromatic N) is 2. The van der Waals surface area contributed by atoms with Gasteiger partial charge in [0.05, 0.1) is 0 Å². The molecule has 0 saturated carbocycles. The second-order valence-corrected chi connectivity index (χ2v) is 7.26. The molecule has 1 heterocycles. The van der Waals surface area contributed by atoms with E-state index < -0.39 is 29.5 Å². The Hall–Kier alpha value is -2.37. The molecule has 1 aromatic carbocycles. The number of carboxylic acid groups (broad SMARTS) is 1. The molecule has 0 aromatic heterocycles. The van der Waals surface area contributed by atoms with Crippen LogP contribution in [-0.2, 0) is 16.1 Å². The van der Waals surface area contributed by atoms with E-state index in [0.29, 0.717) is 0 Å². The lowest BCUT2D eigenvalue weighted by atomic mass is 9.96. The van der Waals surface area contributed by atoms with Gasteiger partial charge in [-0.05, 0) is 32.3 Å². The molecule has 2 unspecified atom stereocenters. The quantitative estimate of drug-likeness (QED) is 0.803. The van der Waals surface area contributed by atoms with Crippen molar-refractivity contribution < 1.29 is 19.5 Å². The SMILES string of the molecule is CCC(C)C1C(=O)N(C(C)(C)C(=O)O)C(=O)N1Cc1ccc(C)cc1. The Balaban J connectivity index is 2.41. The molecule has 3 amide bonds. The molecule has 1 aliphatic heterocycles. The molecule has 0 aliphatic carbocycles. The molecule has 1 aromatic rings. The maximum atomic E-state index is 12.9. The van der Waals surface area contributed by atoms with Crippen LogP contribution in [0.2, 0.25) is 0 Å². The summed E-state index contributed by atoms with van der Waals surface area (Å²) >= 11 is 0. The van der Waals surface area contributed by atoms with Crippen LogP contribution in [0.5, 0.6) is 0 Å². The minimum atomic E-state index is -1.58. The fraction of sp³-hybridized carbons (Fsp3) is 0.526. The molecule has 0 spiro atoms. The minimum Gasteiger partial charge on any atom is -0.480 e. The zero-order valence-electron chi connectivity index (χ0n) is 15.4. The van der Waals surface area contributed by atoms with Gasteiger partial charge in [0, 0.05) is 6.54 Å². The first-order valence-electron chi connectivity index (χ1n) is 8.54. The Bertz CT molecular complexity index is 681. The molecule has 1 aliphatic rings. The van der Waals surface area contributed by atoms with E-state index >= 15 is 0 Å². The Morgan fingerprint density at radius 2 is 1.80 bits per heavy atom. The number of rotatable bonds is 6. The largest absolute Gasteiger partial charge is 0.480 e. The molecule has 0 radical (unpaired) electrons. The lowest BCUT2D eigenvalue weighted by molar-refractivity contribution is -0.152. The molecule has 1 saturated heterocycles. The van der Waals surface area contributed by atoms with E-state index in [1.54, 1.807) is 0 Å². The first kappa shape index (κ1) is 19.0. The molecule has 1 N–H and O–H groups in total. The number of carboxylic acids is 1. The average molecular weight is 346 g/mol. The molecule has 2 atom stereocenters. The van der Waals surface area contributed by atoms with E-state index in [4.69, 9.17) is 0 Å². The number of benzene rings is 1. The molecule has 6 nitrogen and oxygen atoms in total. The Morgan fingerprint density at radius 1 is 1.24 bits per heavy atom. The van der Waals surface area contributed by atoms with E-state index in [0.717, 1.165) is 22.4 Å². The third-order valence-electron chi connectivity index (χ3n) is 4.99. The Kier molecular flexibility index (Phi) is 5.20. The van der Waals surface area contributed by atoms with Gasteiger partial charge in [0.15, 0.2) is 0 Å². The third-order valence-corrected chi connectivity index (χ3v) is 4.99. The molecule has 2 rings (SSSR count). The van der Waals surface area contributed by atoms with E-state index in [9.17, 15) is 19.5 Å². The van der Waals surface area contributed by atoms with Crippen LogP contribution in [0.15, 0.2) is 24.3 Å². The van der Waals surface area contributed by atoms with Crippen molar-refractivity contribution >= 4 is 17.9 Å². The van der Waals surface area contributed by atoms with Gasteiger partial charge in [0.1, 0.15) is 11.6 Å². The van der Waals surface area contributed by atoms with Crippen molar-refractivity contribution in [2.24, 2.45) is 5.92 Å². The number of imide groups is 1. The highest BCUT2D eigenvalue weighted by Crippen LogP contribution is 2.32. The number of hydrogen-bond acceptors (Lipinski definition) is 3. The second-order valence-electron chi connectivity index (χ2n) is 7.26. The molecule has 25 heavy (non-hydrogen) atoms. The fourth-order valence-electron chi connectivity index (χ4n) is 3.05. The Labute approximate surface area is 148 Å². The van der Waals surface area contributed by atoms with Gasteiger partial charge in [-0.2, -0.15) is 0 Å². The number of amides is 3. The summed E-state index contributed by atoms with van der Waals surface area (Å²) in [6.07, 6.45) is 0.718. The molecule has 6 heteroatoms. The first-order chi connectivity index (χ1) is 11.6. The highest BCUT2D eigenvalue weighted by Gasteiger charge is 2.54. The standard InChI is InChI=1S/C19H26N2O4/c1-6-13(3)15-16(22)21(19(4,5)17(23)24)18(25)20(15)11-14-9-7-12(2)8-10-14/h7-10,13,15H,6,11H2,1-5H3,(H,23,24). The van der Waals surface area contributed by atoms with E-state index in [1.165, 1.54) is 18.7 Å². The Morgan fingerprint density at radius 3 is 2.28 bits per heavy atom. The first-order valence-corrected chi connectivity index (χ1v) is 8.54. The van der Waals surface area contributed by atoms with Crippen molar-refractivity contribution in [3.05, 3.63) is 35.4 Å². The van der Waals surface area contributed by atoms with Gasteiger partial charge in [0.25, 0.3) is 5.91 Å². The van der Waals surface area contributed by atoms with Crippen LogP contribution in [0.25, 0.3) is 0 Å². The number of aryl methyl sites for hydroxylation is 1. The van der Waals surface area contributed by atoms with E-state index in [1.807, 2.05) is 45.0 Å². The minimum absolute atomic E-state index is 0.0588. The van der Waals surface area contributed by atoms with Gasteiger partial charge in [-0.1, -0.05) is 50.1 Å². The number of aliphatic carboxylic acids is 1.